The number of amides is 3. The van der Waals surface area contributed by atoms with Crippen LogP contribution in [0.3, 0.4) is 0 Å². The van der Waals surface area contributed by atoms with Crippen molar-refractivity contribution in [2.45, 2.75) is 13.3 Å². The van der Waals surface area contributed by atoms with Crippen LogP contribution in [0.25, 0.3) is 0 Å². The molecule has 0 aromatic heterocycles. The van der Waals surface area contributed by atoms with Gasteiger partial charge in [0.05, 0.1) is 12.5 Å². The normalized spacial score (nSPS) is 16.0. The Hall–Kier alpha value is -2.87. The topological polar surface area (TPSA) is 87.7 Å². The highest BCUT2D eigenvalue weighted by Crippen LogP contribution is 2.27. The van der Waals surface area contributed by atoms with Crippen LogP contribution >= 0.6 is 15.9 Å². The minimum absolute atomic E-state index is 0.0891. The maximum Gasteiger partial charge on any atom is 0.269 e. The van der Waals surface area contributed by atoms with Gasteiger partial charge in [-0.25, -0.2) is 0 Å². The van der Waals surface area contributed by atoms with E-state index in [0.29, 0.717) is 17.9 Å². The number of nitrogens with zero attached hydrogens (tertiary/aromatic N) is 1. The van der Waals surface area contributed by atoms with Crippen molar-refractivity contribution < 1.29 is 19.1 Å². The van der Waals surface area contributed by atoms with E-state index in [4.69, 9.17) is 4.74 Å². The molecular weight excluding hydrogens is 426 g/mol. The van der Waals surface area contributed by atoms with Gasteiger partial charge in [-0.05, 0) is 49.4 Å². The monoisotopic (exact) mass is 445 g/mol. The van der Waals surface area contributed by atoms with E-state index in [-0.39, 0.29) is 18.9 Å². The zero-order chi connectivity index (χ0) is 20.1. The predicted molar refractivity (Wildman–Crippen MR) is 108 cm³/mol. The summed E-state index contributed by atoms with van der Waals surface area (Å²) in [5.41, 5.74) is 5.92. The number of hydrogen-bond acceptors (Lipinski definition) is 4. The number of rotatable bonds is 5. The van der Waals surface area contributed by atoms with Crippen molar-refractivity contribution in [2.75, 3.05) is 18.1 Å². The first-order valence-electron chi connectivity index (χ1n) is 8.87. The van der Waals surface area contributed by atoms with Crippen molar-refractivity contribution >= 4 is 39.3 Å². The minimum atomic E-state index is -0.540. The van der Waals surface area contributed by atoms with E-state index in [1.54, 1.807) is 53.4 Å². The van der Waals surface area contributed by atoms with Crippen LogP contribution in [-0.4, -0.2) is 30.9 Å². The molecule has 1 saturated heterocycles. The van der Waals surface area contributed by atoms with Gasteiger partial charge in [-0.3, -0.25) is 25.2 Å². The van der Waals surface area contributed by atoms with Crippen LogP contribution in [0.1, 0.15) is 23.7 Å². The number of ether oxygens (including phenoxy) is 1. The third-order valence-corrected chi connectivity index (χ3v) is 4.83. The zero-order valence-electron chi connectivity index (χ0n) is 15.3. The molecule has 0 bridgehead atoms. The first-order valence-corrected chi connectivity index (χ1v) is 9.66. The van der Waals surface area contributed by atoms with Crippen LogP contribution in [0.5, 0.6) is 5.75 Å². The second kappa shape index (κ2) is 8.88. The summed E-state index contributed by atoms with van der Waals surface area (Å²) in [6.07, 6.45) is 0.0891. The quantitative estimate of drug-likeness (QED) is 0.692. The fraction of sp³-hybridized carbons (Fsp3) is 0.250. The van der Waals surface area contributed by atoms with Gasteiger partial charge in [0, 0.05) is 28.7 Å². The van der Waals surface area contributed by atoms with Gasteiger partial charge in [-0.2, -0.15) is 0 Å². The van der Waals surface area contributed by atoms with Crippen LogP contribution in [0, 0.1) is 5.92 Å². The third kappa shape index (κ3) is 4.69. The zero-order valence-corrected chi connectivity index (χ0v) is 16.9. The molecule has 1 fully saturated rings. The molecular formula is C20H20BrN3O4. The molecule has 2 aromatic carbocycles. The molecule has 0 saturated carbocycles. The largest absolute Gasteiger partial charge is 0.494 e. The Labute approximate surface area is 171 Å². The summed E-state index contributed by atoms with van der Waals surface area (Å²) in [7, 11) is 0. The first kappa shape index (κ1) is 19.9. The fourth-order valence-electron chi connectivity index (χ4n) is 2.94. The Morgan fingerprint density at radius 3 is 2.61 bits per heavy atom. The van der Waals surface area contributed by atoms with Gasteiger partial charge in [-0.1, -0.05) is 22.0 Å². The van der Waals surface area contributed by atoms with Crippen LogP contribution < -0.4 is 20.5 Å². The number of nitrogens with one attached hydrogen (secondary N) is 2. The molecule has 146 valence electrons. The fourth-order valence-corrected chi connectivity index (χ4v) is 3.34. The van der Waals surface area contributed by atoms with E-state index in [9.17, 15) is 14.4 Å². The van der Waals surface area contributed by atoms with Crippen molar-refractivity contribution in [3.05, 3.63) is 58.6 Å². The number of halogens is 1. The number of hydrogen-bond donors (Lipinski definition) is 2. The van der Waals surface area contributed by atoms with Gasteiger partial charge in [0.15, 0.2) is 0 Å². The molecule has 3 rings (SSSR count). The van der Waals surface area contributed by atoms with Crippen molar-refractivity contribution in [1.82, 2.24) is 10.9 Å². The molecule has 0 aliphatic carbocycles. The Kier molecular flexibility index (Phi) is 6.30. The summed E-state index contributed by atoms with van der Waals surface area (Å²) in [4.78, 5) is 38.4. The highest BCUT2D eigenvalue weighted by atomic mass is 79.9. The highest BCUT2D eigenvalue weighted by Gasteiger charge is 2.35. The molecule has 2 aromatic rings. The molecule has 3 amide bonds. The molecule has 8 heteroatoms. The Bertz CT molecular complexity index is 885. The van der Waals surface area contributed by atoms with Crippen molar-refractivity contribution in [3.63, 3.8) is 0 Å². The number of anilines is 1. The first-order chi connectivity index (χ1) is 13.5. The number of carbonyl (C=O) groups is 3. The summed E-state index contributed by atoms with van der Waals surface area (Å²) in [5.74, 6) is -0.778. The van der Waals surface area contributed by atoms with Gasteiger partial charge in [0.2, 0.25) is 11.8 Å². The molecule has 0 unspecified atom stereocenters. The maximum absolute atomic E-state index is 12.4. The molecule has 1 aliphatic heterocycles. The van der Waals surface area contributed by atoms with Gasteiger partial charge in [-0.15, -0.1) is 0 Å². The smallest absolute Gasteiger partial charge is 0.269 e. The summed E-state index contributed by atoms with van der Waals surface area (Å²) in [6, 6.07) is 14.0. The lowest BCUT2D eigenvalue weighted by atomic mass is 10.1. The van der Waals surface area contributed by atoms with Crippen LogP contribution in [-0.2, 0) is 9.59 Å². The second-order valence-electron chi connectivity index (χ2n) is 6.29. The predicted octanol–water partition coefficient (Wildman–Crippen LogP) is 2.66. The number of hydrazine groups is 1. The molecule has 0 spiro atoms. The highest BCUT2D eigenvalue weighted by molar-refractivity contribution is 9.10. The van der Waals surface area contributed by atoms with Crippen LogP contribution in [0.4, 0.5) is 5.69 Å². The van der Waals surface area contributed by atoms with Crippen molar-refractivity contribution in [1.29, 1.82) is 0 Å². The Morgan fingerprint density at radius 2 is 1.93 bits per heavy atom. The van der Waals surface area contributed by atoms with Crippen LogP contribution in [0.15, 0.2) is 53.0 Å². The number of benzene rings is 2. The van der Waals surface area contributed by atoms with Gasteiger partial charge >= 0.3 is 0 Å². The van der Waals surface area contributed by atoms with Gasteiger partial charge in [0.25, 0.3) is 5.91 Å². The van der Waals surface area contributed by atoms with Crippen LogP contribution in [0.2, 0.25) is 0 Å². The lowest BCUT2D eigenvalue weighted by Gasteiger charge is -2.17. The Morgan fingerprint density at radius 1 is 1.18 bits per heavy atom. The SMILES string of the molecule is CCOc1ccc(N2C[C@@H](C(=O)NNC(=O)c3cccc(Br)c3)CC2=O)cc1. The standard InChI is InChI=1S/C20H20BrN3O4/c1-2-28-17-8-6-16(7-9-17)24-12-14(11-18(24)25)20(27)23-22-19(26)13-4-3-5-15(21)10-13/h3-10,14H,2,11-12H2,1H3,(H,22,26)(H,23,27)/t14-/m0/s1. The van der Waals surface area contributed by atoms with Crippen molar-refractivity contribution in [2.24, 2.45) is 5.92 Å². The molecule has 0 radical (unpaired) electrons. The molecule has 1 atom stereocenters. The van der Waals surface area contributed by atoms with E-state index in [1.807, 2.05) is 6.92 Å². The summed E-state index contributed by atoms with van der Waals surface area (Å²) < 4.78 is 6.16. The van der Waals surface area contributed by atoms with E-state index in [0.717, 1.165) is 10.2 Å². The molecule has 7 nitrogen and oxygen atoms in total. The molecule has 2 N–H and O–H groups in total. The maximum atomic E-state index is 12.4. The summed E-state index contributed by atoms with van der Waals surface area (Å²) in [6.45, 7) is 2.72. The third-order valence-electron chi connectivity index (χ3n) is 4.34. The second-order valence-corrected chi connectivity index (χ2v) is 7.20. The van der Waals surface area contributed by atoms with E-state index in [1.165, 1.54) is 0 Å². The molecule has 1 aliphatic rings. The molecule has 28 heavy (non-hydrogen) atoms. The Balaban J connectivity index is 1.56. The lowest BCUT2D eigenvalue weighted by molar-refractivity contribution is -0.126. The van der Waals surface area contributed by atoms with E-state index in [2.05, 4.69) is 26.8 Å². The summed E-state index contributed by atoms with van der Waals surface area (Å²) in [5, 5.41) is 0. The van der Waals surface area contributed by atoms with Crippen molar-refractivity contribution in [3.8, 4) is 5.75 Å². The molecule has 1 heterocycles. The van der Waals surface area contributed by atoms with Gasteiger partial charge in [0.1, 0.15) is 5.75 Å². The van der Waals surface area contributed by atoms with Gasteiger partial charge < -0.3 is 9.64 Å². The lowest BCUT2D eigenvalue weighted by Crippen LogP contribution is -2.45. The summed E-state index contributed by atoms with van der Waals surface area (Å²) >= 11 is 3.29. The average Bonchev–Trinajstić information content (AvgIpc) is 3.08. The number of carbonyl (C=O) groups excluding carboxylic acids is 3. The minimum Gasteiger partial charge on any atom is -0.494 e. The van der Waals surface area contributed by atoms with E-state index < -0.39 is 17.7 Å². The van der Waals surface area contributed by atoms with E-state index >= 15 is 0 Å². The average molecular weight is 446 g/mol.